The molecule has 1 fully saturated rings. The molecule has 2 aliphatic rings. The van der Waals surface area contributed by atoms with Crippen molar-refractivity contribution < 1.29 is 14.6 Å². The van der Waals surface area contributed by atoms with E-state index >= 15 is 0 Å². The first-order valence-corrected chi connectivity index (χ1v) is 9.61. The van der Waals surface area contributed by atoms with Gasteiger partial charge in [-0.1, -0.05) is 37.1 Å². The lowest BCUT2D eigenvalue weighted by Crippen LogP contribution is -2.42. The molecule has 2 aliphatic carbocycles. The number of ether oxygens (including phenoxy) is 1. The second-order valence-electron chi connectivity index (χ2n) is 7.18. The third-order valence-corrected chi connectivity index (χ3v) is 5.51. The normalized spacial score (nSPS) is 24.1. The first kappa shape index (κ1) is 18.2. The SMILES string of the molecule is CCOC(CCNC(=O)NC1c2ccccc2CC1O)C1CCCC1. The van der Waals surface area contributed by atoms with E-state index in [0.717, 1.165) is 24.2 Å². The number of hydrogen-bond acceptors (Lipinski definition) is 3. The molecule has 5 nitrogen and oxygen atoms in total. The second kappa shape index (κ2) is 8.68. The molecule has 138 valence electrons. The van der Waals surface area contributed by atoms with Gasteiger partial charge in [-0.2, -0.15) is 0 Å². The topological polar surface area (TPSA) is 70.6 Å². The fourth-order valence-corrected chi connectivity index (χ4v) is 4.27. The number of fused-ring (bicyclic) bond motifs is 1. The highest BCUT2D eigenvalue weighted by Crippen LogP contribution is 2.31. The molecule has 3 rings (SSSR count). The van der Waals surface area contributed by atoms with E-state index in [4.69, 9.17) is 4.74 Å². The van der Waals surface area contributed by atoms with E-state index in [0.29, 0.717) is 18.9 Å². The average molecular weight is 346 g/mol. The standard InChI is InChI=1S/C20H30N2O3/c1-2-25-18(14-7-3-4-8-14)11-12-21-20(24)22-19-16-10-6-5-9-15(16)13-17(19)23/h5-6,9-10,14,17-19,23H,2-4,7-8,11-13H2,1H3,(H2,21,22,24). The average Bonchev–Trinajstić information content (AvgIpc) is 3.23. The van der Waals surface area contributed by atoms with E-state index < -0.39 is 6.10 Å². The maximum Gasteiger partial charge on any atom is 0.315 e. The number of nitrogens with one attached hydrogen (secondary N) is 2. The summed E-state index contributed by atoms with van der Waals surface area (Å²) in [5.74, 6) is 0.633. The number of carbonyl (C=O) groups excluding carboxylic acids is 1. The smallest absolute Gasteiger partial charge is 0.315 e. The van der Waals surface area contributed by atoms with Crippen molar-refractivity contribution in [2.24, 2.45) is 5.92 Å². The van der Waals surface area contributed by atoms with Crippen LogP contribution >= 0.6 is 0 Å². The van der Waals surface area contributed by atoms with Crippen LogP contribution in [0.4, 0.5) is 4.79 Å². The number of amides is 2. The van der Waals surface area contributed by atoms with Gasteiger partial charge in [0.2, 0.25) is 0 Å². The molecule has 0 bridgehead atoms. The molecular weight excluding hydrogens is 316 g/mol. The van der Waals surface area contributed by atoms with Gasteiger partial charge in [0.05, 0.1) is 18.2 Å². The molecule has 0 aliphatic heterocycles. The van der Waals surface area contributed by atoms with Gasteiger partial charge in [0, 0.05) is 19.6 Å². The van der Waals surface area contributed by atoms with Gasteiger partial charge in [-0.25, -0.2) is 4.79 Å². The molecule has 0 aromatic heterocycles. The van der Waals surface area contributed by atoms with Crippen molar-refractivity contribution in [3.63, 3.8) is 0 Å². The predicted molar refractivity (Wildman–Crippen MR) is 97.4 cm³/mol. The number of rotatable bonds is 7. The summed E-state index contributed by atoms with van der Waals surface area (Å²) < 4.78 is 5.89. The van der Waals surface area contributed by atoms with Crippen molar-refractivity contribution in [1.82, 2.24) is 10.6 Å². The van der Waals surface area contributed by atoms with Crippen molar-refractivity contribution in [2.75, 3.05) is 13.2 Å². The summed E-state index contributed by atoms with van der Waals surface area (Å²) in [5, 5.41) is 16.1. The molecule has 3 unspecified atom stereocenters. The lowest BCUT2D eigenvalue weighted by molar-refractivity contribution is 0.0167. The highest BCUT2D eigenvalue weighted by Gasteiger charge is 2.32. The van der Waals surface area contributed by atoms with Crippen LogP contribution in [0.2, 0.25) is 0 Å². The lowest BCUT2D eigenvalue weighted by atomic mass is 9.98. The Kier molecular flexibility index (Phi) is 6.32. The third kappa shape index (κ3) is 4.53. The zero-order valence-corrected chi connectivity index (χ0v) is 15.0. The minimum absolute atomic E-state index is 0.220. The molecular formula is C20H30N2O3. The van der Waals surface area contributed by atoms with Crippen LogP contribution in [0.15, 0.2) is 24.3 Å². The first-order valence-electron chi connectivity index (χ1n) is 9.61. The van der Waals surface area contributed by atoms with Crippen LogP contribution in [-0.2, 0) is 11.2 Å². The molecule has 2 amide bonds. The number of urea groups is 1. The van der Waals surface area contributed by atoms with Crippen LogP contribution < -0.4 is 10.6 Å². The Morgan fingerprint density at radius 2 is 2.08 bits per heavy atom. The molecule has 0 spiro atoms. The Labute approximate surface area is 150 Å². The fraction of sp³-hybridized carbons (Fsp3) is 0.650. The maximum absolute atomic E-state index is 12.2. The zero-order valence-electron chi connectivity index (χ0n) is 15.0. The van der Waals surface area contributed by atoms with Crippen molar-refractivity contribution in [3.8, 4) is 0 Å². The van der Waals surface area contributed by atoms with Gasteiger partial charge in [-0.15, -0.1) is 0 Å². The molecule has 1 saturated carbocycles. The minimum Gasteiger partial charge on any atom is -0.390 e. The van der Waals surface area contributed by atoms with Gasteiger partial charge < -0.3 is 20.5 Å². The van der Waals surface area contributed by atoms with E-state index in [2.05, 4.69) is 10.6 Å². The van der Waals surface area contributed by atoms with Crippen molar-refractivity contribution in [1.29, 1.82) is 0 Å². The summed E-state index contributed by atoms with van der Waals surface area (Å²) in [4.78, 5) is 12.2. The Morgan fingerprint density at radius 1 is 1.32 bits per heavy atom. The van der Waals surface area contributed by atoms with Crippen LogP contribution in [-0.4, -0.2) is 36.5 Å². The molecule has 25 heavy (non-hydrogen) atoms. The maximum atomic E-state index is 12.2. The second-order valence-corrected chi connectivity index (χ2v) is 7.18. The number of benzene rings is 1. The monoisotopic (exact) mass is 346 g/mol. The molecule has 0 radical (unpaired) electrons. The van der Waals surface area contributed by atoms with Crippen LogP contribution in [0.5, 0.6) is 0 Å². The highest BCUT2D eigenvalue weighted by atomic mass is 16.5. The highest BCUT2D eigenvalue weighted by molar-refractivity contribution is 5.74. The van der Waals surface area contributed by atoms with Gasteiger partial charge in [-0.3, -0.25) is 0 Å². The summed E-state index contributed by atoms with van der Waals surface area (Å²) in [6.07, 6.45) is 6.18. The van der Waals surface area contributed by atoms with Crippen molar-refractivity contribution in [2.45, 2.75) is 63.7 Å². The van der Waals surface area contributed by atoms with Crippen molar-refractivity contribution >= 4 is 6.03 Å². The third-order valence-electron chi connectivity index (χ3n) is 5.51. The number of carbonyl (C=O) groups is 1. The largest absolute Gasteiger partial charge is 0.390 e. The van der Waals surface area contributed by atoms with E-state index in [1.165, 1.54) is 25.7 Å². The van der Waals surface area contributed by atoms with Crippen LogP contribution in [0, 0.1) is 5.92 Å². The van der Waals surface area contributed by atoms with E-state index in [1.54, 1.807) is 0 Å². The van der Waals surface area contributed by atoms with Crippen molar-refractivity contribution in [3.05, 3.63) is 35.4 Å². The molecule has 3 N–H and O–H groups in total. The van der Waals surface area contributed by atoms with E-state index in [-0.39, 0.29) is 18.2 Å². The molecule has 0 saturated heterocycles. The quantitative estimate of drug-likeness (QED) is 0.711. The fourth-order valence-electron chi connectivity index (χ4n) is 4.27. The Bertz CT molecular complexity index is 572. The summed E-state index contributed by atoms with van der Waals surface area (Å²) in [6, 6.07) is 7.34. The lowest BCUT2D eigenvalue weighted by Gasteiger charge is -2.24. The zero-order chi connectivity index (χ0) is 17.6. The molecule has 0 heterocycles. The summed E-state index contributed by atoms with van der Waals surface area (Å²) >= 11 is 0. The number of aliphatic hydroxyl groups excluding tert-OH is 1. The van der Waals surface area contributed by atoms with Crippen LogP contribution in [0.25, 0.3) is 0 Å². The van der Waals surface area contributed by atoms with Gasteiger partial charge >= 0.3 is 6.03 Å². The molecule has 5 heteroatoms. The molecule has 1 aromatic rings. The van der Waals surface area contributed by atoms with Gasteiger partial charge in [0.25, 0.3) is 0 Å². The Hall–Kier alpha value is -1.59. The number of aliphatic hydroxyl groups is 1. The van der Waals surface area contributed by atoms with Gasteiger partial charge in [-0.05, 0) is 43.2 Å². The summed E-state index contributed by atoms with van der Waals surface area (Å²) in [7, 11) is 0. The molecule has 1 aromatic carbocycles. The first-order chi connectivity index (χ1) is 12.2. The summed E-state index contributed by atoms with van der Waals surface area (Å²) in [6.45, 7) is 3.34. The van der Waals surface area contributed by atoms with Crippen LogP contribution in [0.1, 0.15) is 56.2 Å². The van der Waals surface area contributed by atoms with Gasteiger partial charge in [0.15, 0.2) is 0 Å². The Balaban J connectivity index is 1.46. The van der Waals surface area contributed by atoms with E-state index in [9.17, 15) is 9.90 Å². The number of hydrogen-bond donors (Lipinski definition) is 3. The summed E-state index contributed by atoms with van der Waals surface area (Å²) in [5.41, 5.74) is 2.13. The predicted octanol–water partition coefficient (Wildman–Crippen LogP) is 2.93. The van der Waals surface area contributed by atoms with E-state index in [1.807, 2.05) is 31.2 Å². The van der Waals surface area contributed by atoms with Gasteiger partial charge in [0.1, 0.15) is 0 Å². The van der Waals surface area contributed by atoms with Crippen LogP contribution in [0.3, 0.4) is 0 Å². The minimum atomic E-state index is -0.558. The molecule has 3 atom stereocenters. The Morgan fingerprint density at radius 3 is 2.84 bits per heavy atom.